The second-order valence-corrected chi connectivity index (χ2v) is 5.23. The van der Waals surface area contributed by atoms with Gasteiger partial charge in [-0.15, -0.1) is 0 Å². The molecule has 0 N–H and O–H groups in total. The number of likely N-dealkylation sites (tertiary alicyclic amines) is 1. The summed E-state index contributed by atoms with van der Waals surface area (Å²) in [6, 6.07) is 5.06. The van der Waals surface area contributed by atoms with Crippen molar-refractivity contribution in [3.63, 3.8) is 0 Å². The van der Waals surface area contributed by atoms with Gasteiger partial charge in [0.25, 0.3) is 0 Å². The minimum absolute atomic E-state index is 0.0854. The summed E-state index contributed by atoms with van der Waals surface area (Å²) >= 11 is 0. The molecule has 1 unspecified atom stereocenters. The minimum Gasteiger partial charge on any atom is -0.496 e. The number of Topliss-reactive ketones (excluding diaryl/α,β-unsaturated/α-hetero) is 1. The molecule has 0 aromatic heterocycles. The zero-order valence-corrected chi connectivity index (χ0v) is 12.2. The quantitative estimate of drug-likeness (QED) is 0.748. The fourth-order valence-corrected chi connectivity index (χ4v) is 2.97. The Morgan fingerprint density at radius 1 is 1.50 bits per heavy atom. The number of halogens is 1. The van der Waals surface area contributed by atoms with Gasteiger partial charge in [-0.05, 0) is 37.9 Å². The lowest BCUT2D eigenvalue weighted by Crippen LogP contribution is -2.31. The smallest absolute Gasteiger partial charge is 0.170 e. The first-order valence-electron chi connectivity index (χ1n) is 7.27. The largest absolute Gasteiger partial charge is 0.496 e. The Morgan fingerprint density at radius 2 is 2.30 bits per heavy atom. The molecule has 0 bridgehead atoms. The number of nitrogens with zero attached hydrogens (tertiary/aromatic N) is 1. The minimum atomic E-state index is -0.497. The van der Waals surface area contributed by atoms with Gasteiger partial charge in [0.15, 0.2) is 5.78 Å². The molecule has 4 heteroatoms. The third-order valence-corrected chi connectivity index (χ3v) is 4.07. The van der Waals surface area contributed by atoms with Gasteiger partial charge in [-0.2, -0.15) is 0 Å². The molecule has 1 atom stereocenters. The number of rotatable bonds is 6. The van der Waals surface area contributed by atoms with Crippen molar-refractivity contribution in [1.82, 2.24) is 4.90 Å². The van der Waals surface area contributed by atoms with Crippen LogP contribution < -0.4 is 4.74 Å². The van der Waals surface area contributed by atoms with Crippen molar-refractivity contribution >= 4 is 5.78 Å². The number of ketones is 1. The summed E-state index contributed by atoms with van der Waals surface area (Å²) in [5.41, 5.74) is 0.0854. The maximum atomic E-state index is 13.8. The number of carbonyl (C=O) groups excluding carboxylic acids is 1. The highest BCUT2D eigenvalue weighted by molar-refractivity contribution is 5.99. The van der Waals surface area contributed by atoms with Crippen LogP contribution in [0.3, 0.4) is 0 Å². The van der Waals surface area contributed by atoms with Gasteiger partial charge in [0, 0.05) is 19.0 Å². The van der Waals surface area contributed by atoms with Crippen LogP contribution in [0.2, 0.25) is 0 Å². The molecule has 0 radical (unpaired) electrons. The molecule has 0 aliphatic carbocycles. The third kappa shape index (κ3) is 3.18. The average Bonchev–Trinajstić information content (AvgIpc) is 2.91. The van der Waals surface area contributed by atoms with Crippen molar-refractivity contribution < 1.29 is 13.9 Å². The van der Waals surface area contributed by atoms with E-state index >= 15 is 0 Å². The number of hydrogen-bond donors (Lipinski definition) is 0. The molecule has 1 aliphatic heterocycles. The molecule has 0 spiro atoms. The van der Waals surface area contributed by atoms with E-state index in [9.17, 15) is 9.18 Å². The van der Waals surface area contributed by atoms with E-state index < -0.39 is 5.82 Å². The Bertz CT molecular complexity index is 476. The Balaban J connectivity index is 2.02. The first-order valence-corrected chi connectivity index (χ1v) is 7.27. The number of ether oxygens (including phenoxy) is 1. The Hall–Kier alpha value is -1.42. The zero-order chi connectivity index (χ0) is 14.5. The van der Waals surface area contributed by atoms with Gasteiger partial charge < -0.3 is 4.74 Å². The lowest BCUT2D eigenvalue weighted by Gasteiger charge is -2.22. The molecule has 2 rings (SSSR count). The van der Waals surface area contributed by atoms with Crippen LogP contribution >= 0.6 is 0 Å². The highest BCUT2D eigenvalue weighted by Gasteiger charge is 2.24. The van der Waals surface area contributed by atoms with Crippen LogP contribution in [0.25, 0.3) is 0 Å². The second-order valence-electron chi connectivity index (χ2n) is 5.23. The van der Waals surface area contributed by atoms with Crippen molar-refractivity contribution in [2.45, 2.75) is 38.6 Å². The zero-order valence-electron chi connectivity index (χ0n) is 12.2. The summed E-state index contributed by atoms with van der Waals surface area (Å²) in [5.74, 6) is -0.354. The van der Waals surface area contributed by atoms with Gasteiger partial charge in [-0.1, -0.05) is 13.0 Å². The van der Waals surface area contributed by atoms with Gasteiger partial charge >= 0.3 is 0 Å². The summed E-state index contributed by atoms with van der Waals surface area (Å²) in [6.07, 6.45) is 3.84. The molecule has 1 aromatic carbocycles. The van der Waals surface area contributed by atoms with Gasteiger partial charge in [0.2, 0.25) is 0 Å². The first-order chi connectivity index (χ1) is 9.67. The predicted molar refractivity (Wildman–Crippen MR) is 76.8 cm³/mol. The van der Waals surface area contributed by atoms with Crippen LogP contribution in [0.5, 0.6) is 5.75 Å². The molecule has 1 fully saturated rings. The summed E-state index contributed by atoms with van der Waals surface area (Å²) in [7, 11) is 1.46. The van der Waals surface area contributed by atoms with E-state index in [-0.39, 0.29) is 11.3 Å². The van der Waals surface area contributed by atoms with Crippen LogP contribution in [-0.2, 0) is 0 Å². The standard InChI is InChI=1S/C16H22FNO2/c1-3-12-6-5-10-18(12)11-9-14(19)16-13(17)7-4-8-15(16)20-2/h4,7-8,12H,3,5-6,9-11H2,1-2H3. The maximum absolute atomic E-state index is 13.8. The van der Waals surface area contributed by atoms with Crippen LogP contribution in [0.15, 0.2) is 18.2 Å². The van der Waals surface area contributed by atoms with Crippen molar-refractivity contribution in [3.8, 4) is 5.75 Å². The number of benzene rings is 1. The van der Waals surface area contributed by atoms with Gasteiger partial charge in [-0.3, -0.25) is 9.69 Å². The second kappa shape index (κ2) is 6.84. The van der Waals surface area contributed by atoms with Crippen LogP contribution in [0, 0.1) is 5.82 Å². The average molecular weight is 279 g/mol. The molecule has 0 saturated carbocycles. The lowest BCUT2D eigenvalue weighted by molar-refractivity contribution is 0.0953. The summed E-state index contributed by atoms with van der Waals surface area (Å²) in [5, 5.41) is 0. The van der Waals surface area contributed by atoms with Crippen molar-refractivity contribution in [2.24, 2.45) is 0 Å². The fraction of sp³-hybridized carbons (Fsp3) is 0.562. The topological polar surface area (TPSA) is 29.5 Å². The number of carbonyl (C=O) groups is 1. The Kier molecular flexibility index (Phi) is 5.12. The van der Waals surface area contributed by atoms with Crippen molar-refractivity contribution in [1.29, 1.82) is 0 Å². The van der Waals surface area contributed by atoms with Gasteiger partial charge in [-0.25, -0.2) is 4.39 Å². The predicted octanol–water partition coefficient (Wildman–Crippen LogP) is 3.28. The molecule has 3 nitrogen and oxygen atoms in total. The van der Waals surface area contributed by atoms with E-state index in [0.717, 1.165) is 13.0 Å². The van der Waals surface area contributed by atoms with Crippen LogP contribution in [0.1, 0.15) is 43.0 Å². The summed E-state index contributed by atoms with van der Waals surface area (Å²) in [6.45, 7) is 3.92. The molecule has 1 aliphatic rings. The molecular weight excluding hydrogens is 257 g/mol. The first kappa shape index (κ1) is 15.0. The Morgan fingerprint density at radius 3 is 3.00 bits per heavy atom. The van der Waals surface area contributed by atoms with E-state index in [4.69, 9.17) is 4.74 Å². The molecule has 1 heterocycles. The monoisotopic (exact) mass is 279 g/mol. The van der Waals surface area contributed by atoms with Crippen LogP contribution in [0.4, 0.5) is 4.39 Å². The van der Waals surface area contributed by atoms with Crippen LogP contribution in [-0.4, -0.2) is 36.9 Å². The number of methoxy groups -OCH3 is 1. The lowest BCUT2D eigenvalue weighted by atomic mass is 10.1. The third-order valence-electron chi connectivity index (χ3n) is 4.07. The van der Waals surface area contributed by atoms with Gasteiger partial charge in [0.1, 0.15) is 11.6 Å². The van der Waals surface area contributed by atoms with E-state index in [1.165, 1.54) is 26.0 Å². The number of hydrogen-bond acceptors (Lipinski definition) is 3. The van der Waals surface area contributed by atoms with E-state index in [1.807, 2.05) is 0 Å². The highest BCUT2D eigenvalue weighted by atomic mass is 19.1. The van der Waals surface area contributed by atoms with E-state index in [1.54, 1.807) is 12.1 Å². The van der Waals surface area contributed by atoms with E-state index in [2.05, 4.69) is 11.8 Å². The highest BCUT2D eigenvalue weighted by Crippen LogP contribution is 2.24. The molecular formula is C16H22FNO2. The normalized spacial score (nSPS) is 19.2. The molecule has 0 amide bonds. The maximum Gasteiger partial charge on any atom is 0.170 e. The molecule has 110 valence electrons. The SMILES string of the molecule is CCC1CCCN1CCC(=O)c1c(F)cccc1OC. The van der Waals surface area contributed by atoms with Gasteiger partial charge in [0.05, 0.1) is 12.7 Å². The summed E-state index contributed by atoms with van der Waals surface area (Å²) < 4.78 is 18.9. The van der Waals surface area contributed by atoms with E-state index in [0.29, 0.717) is 24.8 Å². The van der Waals surface area contributed by atoms with Crippen molar-refractivity contribution in [3.05, 3.63) is 29.6 Å². The molecule has 1 saturated heterocycles. The Labute approximate surface area is 119 Å². The molecule has 20 heavy (non-hydrogen) atoms. The fourth-order valence-electron chi connectivity index (χ4n) is 2.97. The summed E-state index contributed by atoms with van der Waals surface area (Å²) in [4.78, 5) is 14.6. The molecule has 1 aromatic rings. The van der Waals surface area contributed by atoms with Crippen molar-refractivity contribution in [2.75, 3.05) is 20.2 Å².